The van der Waals surface area contributed by atoms with Gasteiger partial charge in [-0.3, -0.25) is 0 Å². The highest BCUT2D eigenvalue weighted by Gasteiger charge is 2.35. The van der Waals surface area contributed by atoms with Crippen molar-refractivity contribution in [2.45, 2.75) is 19.4 Å². The largest absolute Gasteiger partial charge is 0.247 e. The molecule has 1 aliphatic heterocycles. The summed E-state index contributed by atoms with van der Waals surface area (Å²) in [7, 11) is 0. The minimum atomic E-state index is -0.211. The summed E-state index contributed by atoms with van der Waals surface area (Å²) in [6.07, 6.45) is 2.79. The lowest BCUT2D eigenvalue weighted by Gasteiger charge is -2.23. The van der Waals surface area contributed by atoms with Crippen LogP contribution in [0.1, 0.15) is 29.2 Å². The number of para-hydroxylation sites is 1. The van der Waals surface area contributed by atoms with E-state index in [1.807, 2.05) is 82.5 Å². The van der Waals surface area contributed by atoms with E-state index in [0.29, 0.717) is 17.4 Å². The SMILES string of the molecule is Cc1ccc(-c2nn(-c3ccccc3)cc2[C@H]2CC(c3ccccc3)=NN2c2nc(-c3ccccc3)c3cc(Cl)ccc3n2)cc1. The van der Waals surface area contributed by atoms with Crippen molar-refractivity contribution in [3.8, 4) is 28.2 Å². The zero-order chi connectivity index (χ0) is 31.0. The zero-order valence-corrected chi connectivity index (χ0v) is 25.9. The van der Waals surface area contributed by atoms with Crippen LogP contribution in [0.2, 0.25) is 5.02 Å². The van der Waals surface area contributed by atoms with Crippen molar-refractivity contribution in [1.82, 2.24) is 19.7 Å². The zero-order valence-electron chi connectivity index (χ0n) is 25.1. The van der Waals surface area contributed by atoms with Crippen LogP contribution in [0.25, 0.3) is 39.1 Å². The van der Waals surface area contributed by atoms with Crippen LogP contribution in [0.4, 0.5) is 5.95 Å². The van der Waals surface area contributed by atoms with Crippen molar-refractivity contribution in [1.29, 1.82) is 0 Å². The van der Waals surface area contributed by atoms with E-state index in [1.54, 1.807) is 0 Å². The van der Waals surface area contributed by atoms with E-state index < -0.39 is 0 Å². The van der Waals surface area contributed by atoms with Crippen LogP contribution in [0, 0.1) is 6.92 Å². The highest BCUT2D eigenvalue weighted by molar-refractivity contribution is 6.31. The van der Waals surface area contributed by atoms with Gasteiger partial charge in [0.05, 0.1) is 34.3 Å². The summed E-state index contributed by atoms with van der Waals surface area (Å²) in [5.41, 5.74) is 9.80. The second-order valence-corrected chi connectivity index (χ2v) is 11.9. The molecule has 0 aliphatic carbocycles. The molecule has 0 N–H and O–H groups in total. The molecule has 0 unspecified atom stereocenters. The molecule has 3 heterocycles. The topological polar surface area (TPSA) is 59.2 Å². The summed E-state index contributed by atoms with van der Waals surface area (Å²) in [5, 5.41) is 13.9. The lowest BCUT2D eigenvalue weighted by atomic mass is 9.96. The third-order valence-corrected chi connectivity index (χ3v) is 8.60. The Morgan fingerprint density at radius 3 is 2.04 bits per heavy atom. The highest BCUT2D eigenvalue weighted by Crippen LogP contribution is 2.41. The number of halogens is 1. The molecular weight excluding hydrogens is 588 g/mol. The Kier molecular flexibility index (Phi) is 7.12. The summed E-state index contributed by atoms with van der Waals surface area (Å²) in [5.74, 6) is 0.520. The number of aryl methyl sites for hydroxylation is 1. The quantitative estimate of drug-likeness (QED) is 0.187. The predicted octanol–water partition coefficient (Wildman–Crippen LogP) is 9.47. The van der Waals surface area contributed by atoms with E-state index in [1.165, 1.54) is 5.56 Å². The van der Waals surface area contributed by atoms with Gasteiger partial charge < -0.3 is 0 Å². The van der Waals surface area contributed by atoms with Crippen LogP contribution in [-0.2, 0) is 0 Å². The number of hydrogen-bond donors (Lipinski definition) is 0. The molecule has 0 fully saturated rings. The fourth-order valence-corrected chi connectivity index (χ4v) is 6.20. The Morgan fingerprint density at radius 1 is 0.674 bits per heavy atom. The Hall–Kier alpha value is -5.59. The van der Waals surface area contributed by atoms with E-state index >= 15 is 0 Å². The number of rotatable bonds is 6. The van der Waals surface area contributed by atoms with Gasteiger partial charge in [-0.1, -0.05) is 120 Å². The summed E-state index contributed by atoms with van der Waals surface area (Å²) in [6, 6.07) is 44.8. The van der Waals surface area contributed by atoms with Crippen molar-refractivity contribution in [2.75, 3.05) is 5.01 Å². The van der Waals surface area contributed by atoms with Gasteiger partial charge in [-0.25, -0.2) is 19.7 Å². The van der Waals surface area contributed by atoms with E-state index in [2.05, 4.69) is 73.8 Å². The average Bonchev–Trinajstić information content (AvgIpc) is 3.75. The molecule has 7 heteroatoms. The molecule has 0 bridgehead atoms. The number of benzene rings is 5. The smallest absolute Gasteiger partial charge is 0.240 e. The van der Waals surface area contributed by atoms with Gasteiger partial charge in [-0.15, -0.1) is 0 Å². The first-order valence-corrected chi connectivity index (χ1v) is 15.7. The molecule has 8 rings (SSSR count). The first-order chi connectivity index (χ1) is 22.6. The van der Waals surface area contributed by atoms with Gasteiger partial charge in [0.2, 0.25) is 5.95 Å². The highest BCUT2D eigenvalue weighted by atomic mass is 35.5. The molecule has 0 saturated carbocycles. The third kappa shape index (κ3) is 5.23. The lowest BCUT2D eigenvalue weighted by molar-refractivity contribution is 0.690. The van der Waals surface area contributed by atoms with E-state index in [-0.39, 0.29) is 6.04 Å². The third-order valence-electron chi connectivity index (χ3n) is 8.36. The number of fused-ring (bicyclic) bond motifs is 1. The van der Waals surface area contributed by atoms with Crippen molar-refractivity contribution >= 4 is 34.2 Å². The summed E-state index contributed by atoms with van der Waals surface area (Å²) >= 11 is 6.48. The van der Waals surface area contributed by atoms with E-state index in [0.717, 1.165) is 55.9 Å². The molecule has 46 heavy (non-hydrogen) atoms. The number of hydrogen-bond acceptors (Lipinski definition) is 5. The second-order valence-electron chi connectivity index (χ2n) is 11.5. The molecular formula is C39H29ClN6. The van der Waals surface area contributed by atoms with Gasteiger partial charge in [-0.05, 0) is 42.8 Å². The lowest BCUT2D eigenvalue weighted by Crippen LogP contribution is -2.21. The fourth-order valence-electron chi connectivity index (χ4n) is 6.03. The molecule has 0 radical (unpaired) electrons. The molecule has 0 amide bonds. The van der Waals surface area contributed by atoms with Crippen molar-refractivity contribution in [3.05, 3.63) is 161 Å². The molecule has 222 valence electrons. The maximum atomic E-state index is 6.48. The predicted molar refractivity (Wildman–Crippen MR) is 187 cm³/mol. The number of nitrogens with zero attached hydrogens (tertiary/aromatic N) is 6. The molecule has 0 spiro atoms. The standard InChI is InChI=1S/C39H29ClN6/c1-26-17-19-29(20-18-26)38-33(25-45(44-38)31-15-9-4-10-16-31)36-24-35(27-11-5-2-6-12-27)43-46(36)39-41-34-22-21-30(40)23-32(34)37(42-39)28-13-7-3-8-14-28/h2-23,25,36H,24H2,1H3/t36-/m1/s1. The van der Waals surface area contributed by atoms with Crippen LogP contribution in [0.5, 0.6) is 0 Å². The minimum Gasteiger partial charge on any atom is -0.240 e. The number of aromatic nitrogens is 4. The van der Waals surface area contributed by atoms with Crippen molar-refractivity contribution in [2.24, 2.45) is 5.10 Å². The Balaban J connectivity index is 1.34. The Morgan fingerprint density at radius 2 is 1.33 bits per heavy atom. The number of anilines is 1. The van der Waals surface area contributed by atoms with Crippen LogP contribution in [0.3, 0.4) is 0 Å². The molecule has 0 saturated heterocycles. The first-order valence-electron chi connectivity index (χ1n) is 15.3. The molecule has 2 aromatic heterocycles. The van der Waals surface area contributed by atoms with Crippen LogP contribution >= 0.6 is 11.6 Å². The first kappa shape index (κ1) is 27.9. The molecule has 7 aromatic rings. The monoisotopic (exact) mass is 616 g/mol. The molecule has 1 atom stereocenters. The average molecular weight is 617 g/mol. The molecule has 5 aromatic carbocycles. The van der Waals surface area contributed by atoms with Crippen LogP contribution in [-0.4, -0.2) is 25.5 Å². The Labute approximate surface area is 272 Å². The van der Waals surface area contributed by atoms with Gasteiger partial charge in [0, 0.05) is 39.7 Å². The number of hydrazone groups is 1. The Bertz CT molecular complexity index is 2190. The van der Waals surface area contributed by atoms with Gasteiger partial charge >= 0.3 is 0 Å². The molecule has 1 aliphatic rings. The summed E-state index contributed by atoms with van der Waals surface area (Å²) < 4.78 is 1.96. The van der Waals surface area contributed by atoms with Gasteiger partial charge in [0.1, 0.15) is 0 Å². The van der Waals surface area contributed by atoms with E-state index in [9.17, 15) is 0 Å². The van der Waals surface area contributed by atoms with Gasteiger partial charge in [0.25, 0.3) is 0 Å². The summed E-state index contributed by atoms with van der Waals surface area (Å²) in [4.78, 5) is 10.3. The maximum Gasteiger partial charge on any atom is 0.247 e. The summed E-state index contributed by atoms with van der Waals surface area (Å²) in [6.45, 7) is 2.10. The second kappa shape index (κ2) is 11.7. The van der Waals surface area contributed by atoms with Crippen LogP contribution in [0.15, 0.2) is 145 Å². The van der Waals surface area contributed by atoms with E-state index in [4.69, 9.17) is 31.8 Å². The fraction of sp³-hybridized carbons (Fsp3) is 0.0769. The van der Waals surface area contributed by atoms with Gasteiger partial charge in [-0.2, -0.15) is 10.2 Å². The maximum absolute atomic E-state index is 6.48. The van der Waals surface area contributed by atoms with Gasteiger partial charge in [0.15, 0.2) is 0 Å². The van der Waals surface area contributed by atoms with Crippen molar-refractivity contribution in [3.63, 3.8) is 0 Å². The minimum absolute atomic E-state index is 0.211. The van der Waals surface area contributed by atoms with Crippen molar-refractivity contribution < 1.29 is 0 Å². The molecule has 6 nitrogen and oxygen atoms in total. The van der Waals surface area contributed by atoms with Crippen LogP contribution < -0.4 is 5.01 Å². The normalized spacial score (nSPS) is 14.5.